The Hall–Kier alpha value is -2.81. The lowest BCUT2D eigenvalue weighted by molar-refractivity contribution is -0.229. The SMILES string of the molecule is COC(=O)CCC(=O)O[C@]1(C(=O)C(C)O)C(C)C[C@H]2[C@@H]3CC(=O)C4=CC(=O)C=C(S(=O)(=O)O)[C@]4(C)[C@@]3(F)C(O)C[C@@]21C. The predicted octanol–water partition coefficient (Wildman–Crippen LogP) is 1.18. The summed E-state index contributed by atoms with van der Waals surface area (Å²) in [7, 11) is -4.12. The summed E-state index contributed by atoms with van der Waals surface area (Å²) in [5.74, 6) is -7.66. The number of ketones is 3. The van der Waals surface area contributed by atoms with E-state index in [1.807, 2.05) is 0 Å². The van der Waals surface area contributed by atoms with Crippen molar-refractivity contribution in [1.82, 2.24) is 0 Å². The molecular formula is C28H35FO12S. The van der Waals surface area contributed by atoms with Crippen LogP contribution in [0.4, 0.5) is 4.39 Å². The van der Waals surface area contributed by atoms with Crippen molar-refractivity contribution in [3.8, 4) is 0 Å². The second kappa shape index (κ2) is 10.1. The van der Waals surface area contributed by atoms with Gasteiger partial charge in [0.1, 0.15) is 6.10 Å². The van der Waals surface area contributed by atoms with E-state index in [2.05, 4.69) is 4.74 Å². The molecule has 4 rings (SSSR count). The molecule has 0 aromatic rings. The van der Waals surface area contributed by atoms with Gasteiger partial charge in [0.15, 0.2) is 22.8 Å². The Morgan fingerprint density at radius 3 is 2.26 bits per heavy atom. The molecule has 0 aliphatic heterocycles. The number of hydrogen-bond acceptors (Lipinski definition) is 11. The molecule has 0 bridgehead atoms. The number of rotatable bonds is 7. The number of hydrogen-bond donors (Lipinski definition) is 3. The fourth-order valence-corrected chi connectivity index (χ4v) is 9.46. The molecule has 3 unspecified atom stereocenters. The quantitative estimate of drug-likeness (QED) is 0.274. The van der Waals surface area contributed by atoms with Gasteiger partial charge in [0.2, 0.25) is 5.78 Å². The van der Waals surface area contributed by atoms with Crippen LogP contribution in [0.25, 0.3) is 0 Å². The summed E-state index contributed by atoms with van der Waals surface area (Å²) in [5, 5.41) is 22.0. The number of carbonyl (C=O) groups excluding carboxylic acids is 5. The van der Waals surface area contributed by atoms with Crippen molar-refractivity contribution in [2.75, 3.05) is 7.11 Å². The number of Topliss-reactive ketones (excluding diaryl/α,β-unsaturated/α-hetero) is 2. The Morgan fingerprint density at radius 1 is 1.12 bits per heavy atom. The van der Waals surface area contributed by atoms with Crippen molar-refractivity contribution >= 4 is 39.4 Å². The standard InChI is InChI=1S/C28H35FO12S/c1-13-8-16-17-11-19(32)18-9-15(31)10-21(42(37,38)39)26(18,4)27(17,29)20(33)12-25(16,3)28(13,24(36)14(2)30)41-23(35)7-6-22(34)40-5/h9-10,13-14,16-17,20,30,33H,6-8,11-12H2,1-5H3,(H,37,38,39)/t13?,14?,16-,17-,20?,25-,26+,27-,28-/m0/s1. The van der Waals surface area contributed by atoms with Crippen LogP contribution < -0.4 is 0 Å². The van der Waals surface area contributed by atoms with Crippen LogP contribution in [0.2, 0.25) is 0 Å². The summed E-state index contributed by atoms with van der Waals surface area (Å²) in [6, 6.07) is 0. The van der Waals surface area contributed by atoms with Gasteiger partial charge in [-0.25, -0.2) is 4.39 Å². The minimum absolute atomic E-state index is 0.0332. The van der Waals surface area contributed by atoms with Gasteiger partial charge in [-0.1, -0.05) is 13.8 Å². The summed E-state index contributed by atoms with van der Waals surface area (Å²) in [6.07, 6.45) is -4.47. The van der Waals surface area contributed by atoms with Crippen molar-refractivity contribution < 1.29 is 61.0 Å². The van der Waals surface area contributed by atoms with E-state index >= 15 is 4.39 Å². The van der Waals surface area contributed by atoms with Gasteiger partial charge in [0.25, 0.3) is 10.1 Å². The summed E-state index contributed by atoms with van der Waals surface area (Å²) in [6.45, 7) is 5.24. The lowest BCUT2D eigenvalue weighted by Gasteiger charge is -2.62. The number of ether oxygens (including phenoxy) is 2. The average molecular weight is 615 g/mol. The normalized spacial score (nSPS) is 40.1. The third-order valence-corrected chi connectivity index (χ3v) is 11.3. The van der Waals surface area contributed by atoms with Crippen LogP contribution in [0, 0.1) is 28.6 Å². The van der Waals surface area contributed by atoms with Gasteiger partial charge < -0.3 is 19.7 Å². The monoisotopic (exact) mass is 614 g/mol. The fraction of sp³-hybridized carbons (Fsp3) is 0.679. The van der Waals surface area contributed by atoms with Gasteiger partial charge in [0, 0.05) is 35.3 Å². The van der Waals surface area contributed by atoms with E-state index in [1.54, 1.807) is 6.92 Å². The van der Waals surface area contributed by atoms with Gasteiger partial charge >= 0.3 is 11.9 Å². The van der Waals surface area contributed by atoms with Gasteiger partial charge in [-0.2, -0.15) is 8.42 Å². The molecule has 0 heterocycles. The molecule has 0 aromatic carbocycles. The minimum atomic E-state index is -5.25. The Balaban J connectivity index is 1.89. The molecule has 0 amide bonds. The number of alkyl halides is 1. The largest absolute Gasteiger partial charge is 0.469 e. The van der Waals surface area contributed by atoms with Crippen molar-refractivity contribution in [3.05, 3.63) is 22.6 Å². The Morgan fingerprint density at radius 2 is 1.71 bits per heavy atom. The van der Waals surface area contributed by atoms with Crippen LogP contribution in [0.5, 0.6) is 0 Å². The van der Waals surface area contributed by atoms with E-state index in [0.717, 1.165) is 20.1 Å². The molecule has 0 spiro atoms. The second-order valence-corrected chi connectivity index (χ2v) is 13.7. The number of aliphatic hydroxyl groups excluding tert-OH is 2. The van der Waals surface area contributed by atoms with Crippen LogP contribution in [0.1, 0.15) is 59.8 Å². The van der Waals surface area contributed by atoms with E-state index < -0.39 is 121 Å². The highest BCUT2D eigenvalue weighted by atomic mass is 32.2. The Kier molecular flexibility index (Phi) is 7.75. The molecule has 0 aromatic heterocycles. The molecule has 3 N–H and O–H groups in total. The van der Waals surface area contributed by atoms with Gasteiger partial charge in [0.05, 0.1) is 36.4 Å². The maximum atomic E-state index is 17.8. The highest BCUT2D eigenvalue weighted by Crippen LogP contribution is 2.72. The third-order valence-electron chi connectivity index (χ3n) is 10.2. The van der Waals surface area contributed by atoms with E-state index in [-0.39, 0.29) is 12.8 Å². The number of methoxy groups -OCH3 is 1. The van der Waals surface area contributed by atoms with E-state index in [9.17, 15) is 47.2 Å². The predicted molar refractivity (Wildman–Crippen MR) is 141 cm³/mol. The van der Waals surface area contributed by atoms with E-state index in [0.29, 0.717) is 6.08 Å². The molecule has 12 nitrogen and oxygen atoms in total. The Bertz CT molecular complexity index is 1430. The first-order chi connectivity index (χ1) is 19.2. The van der Waals surface area contributed by atoms with E-state index in [4.69, 9.17) is 4.74 Å². The zero-order chi connectivity index (χ0) is 31.8. The van der Waals surface area contributed by atoms with Crippen molar-refractivity contribution in [1.29, 1.82) is 0 Å². The van der Waals surface area contributed by atoms with Gasteiger partial charge in [-0.15, -0.1) is 0 Å². The molecule has 4 aliphatic rings. The molecule has 3 fully saturated rings. The van der Waals surface area contributed by atoms with Crippen molar-refractivity contribution in [2.45, 2.75) is 83.3 Å². The van der Waals surface area contributed by atoms with Crippen LogP contribution in [-0.2, 0) is 43.6 Å². The maximum Gasteiger partial charge on any atom is 0.307 e. The smallest absolute Gasteiger partial charge is 0.307 e. The van der Waals surface area contributed by atoms with E-state index in [1.165, 1.54) is 13.8 Å². The first-order valence-corrected chi connectivity index (χ1v) is 15.0. The first kappa shape index (κ1) is 32.1. The second-order valence-electron chi connectivity index (χ2n) is 12.3. The fourth-order valence-electron chi connectivity index (χ4n) is 8.41. The molecule has 232 valence electrons. The highest BCUT2D eigenvalue weighted by Gasteiger charge is 2.79. The maximum absolute atomic E-state index is 17.8. The van der Waals surface area contributed by atoms with Gasteiger partial charge in [-0.3, -0.25) is 28.5 Å². The number of esters is 2. The number of carbonyl (C=O) groups is 5. The zero-order valence-corrected chi connectivity index (χ0v) is 24.7. The molecule has 4 aliphatic carbocycles. The molecule has 0 saturated heterocycles. The molecular weight excluding hydrogens is 579 g/mol. The van der Waals surface area contributed by atoms with Gasteiger partial charge in [-0.05, 0) is 38.7 Å². The summed E-state index contributed by atoms with van der Waals surface area (Å²) in [4.78, 5) is 63.1. The van der Waals surface area contributed by atoms with Crippen LogP contribution in [-0.4, -0.2) is 83.1 Å². The Labute approximate surface area is 242 Å². The summed E-state index contributed by atoms with van der Waals surface area (Å²) in [5.41, 5.74) is -9.60. The molecule has 42 heavy (non-hydrogen) atoms. The molecule has 14 heteroatoms. The number of allylic oxidation sites excluding steroid dienone is 4. The minimum Gasteiger partial charge on any atom is -0.469 e. The number of halogens is 1. The summed E-state index contributed by atoms with van der Waals surface area (Å²) < 4.78 is 63.2. The highest BCUT2D eigenvalue weighted by molar-refractivity contribution is 7.89. The van der Waals surface area contributed by atoms with Crippen molar-refractivity contribution in [3.63, 3.8) is 0 Å². The first-order valence-electron chi connectivity index (χ1n) is 13.6. The zero-order valence-electron chi connectivity index (χ0n) is 23.9. The van der Waals surface area contributed by atoms with Crippen molar-refractivity contribution in [2.24, 2.45) is 28.6 Å². The topological polar surface area (TPSA) is 199 Å². The molecule has 3 saturated carbocycles. The lowest BCUT2D eigenvalue weighted by Crippen LogP contribution is -2.72. The molecule has 9 atom stereocenters. The number of aliphatic hydroxyl groups is 2. The van der Waals surface area contributed by atoms with Crippen LogP contribution >= 0.6 is 0 Å². The molecule has 0 radical (unpaired) electrons. The average Bonchev–Trinajstić information content (AvgIpc) is 3.10. The number of fused-ring (bicyclic) bond motifs is 5. The van der Waals surface area contributed by atoms with Crippen LogP contribution in [0.15, 0.2) is 22.6 Å². The lowest BCUT2D eigenvalue weighted by atomic mass is 9.44. The third kappa shape index (κ3) is 4.16. The van der Waals surface area contributed by atoms with Crippen LogP contribution in [0.3, 0.4) is 0 Å². The summed E-state index contributed by atoms with van der Waals surface area (Å²) >= 11 is 0.